The van der Waals surface area contributed by atoms with Crippen LogP contribution in [0, 0.1) is 6.92 Å². The third-order valence-corrected chi connectivity index (χ3v) is 3.86. The van der Waals surface area contributed by atoms with E-state index >= 15 is 0 Å². The molecular weight excluding hydrogens is 304 g/mol. The standard InChI is InChI=1S/C10H11BrN4OS/c1-6-4-17-7(15-6)2-3-12-9-8(11)10(16)14-5-13-9/h4-5H,2-3H2,1H3,(H2,12,13,14,16). The minimum absolute atomic E-state index is 0.187. The second-order valence-corrected chi connectivity index (χ2v) is 5.19. The number of aromatic nitrogens is 3. The second kappa shape index (κ2) is 5.42. The minimum atomic E-state index is -0.187. The first kappa shape index (κ1) is 12.3. The van der Waals surface area contributed by atoms with Gasteiger partial charge in [0, 0.05) is 24.0 Å². The maximum Gasteiger partial charge on any atom is 0.267 e. The lowest BCUT2D eigenvalue weighted by Crippen LogP contribution is -2.13. The summed E-state index contributed by atoms with van der Waals surface area (Å²) in [7, 11) is 0. The van der Waals surface area contributed by atoms with Crippen molar-refractivity contribution in [3.63, 3.8) is 0 Å². The molecule has 0 fully saturated rings. The van der Waals surface area contributed by atoms with E-state index in [-0.39, 0.29) is 5.56 Å². The Labute approximate surface area is 110 Å². The van der Waals surface area contributed by atoms with Gasteiger partial charge in [-0.2, -0.15) is 0 Å². The van der Waals surface area contributed by atoms with Gasteiger partial charge in [-0.3, -0.25) is 4.79 Å². The van der Waals surface area contributed by atoms with Crippen LogP contribution in [0.15, 0.2) is 21.0 Å². The molecule has 0 bridgehead atoms. The van der Waals surface area contributed by atoms with Crippen molar-refractivity contribution in [2.75, 3.05) is 11.9 Å². The molecular formula is C10H11BrN4OS. The van der Waals surface area contributed by atoms with E-state index in [0.717, 1.165) is 17.1 Å². The van der Waals surface area contributed by atoms with Gasteiger partial charge in [0.1, 0.15) is 10.3 Å². The highest BCUT2D eigenvalue weighted by Crippen LogP contribution is 2.14. The van der Waals surface area contributed by atoms with Crippen molar-refractivity contribution in [3.05, 3.63) is 37.2 Å². The topological polar surface area (TPSA) is 70.7 Å². The summed E-state index contributed by atoms with van der Waals surface area (Å²) >= 11 is 4.83. The van der Waals surface area contributed by atoms with Crippen LogP contribution in [0.1, 0.15) is 10.7 Å². The lowest BCUT2D eigenvalue weighted by Gasteiger charge is -2.04. The number of halogens is 1. The van der Waals surface area contributed by atoms with Gasteiger partial charge < -0.3 is 10.3 Å². The van der Waals surface area contributed by atoms with Gasteiger partial charge in [0.25, 0.3) is 5.56 Å². The molecule has 0 unspecified atom stereocenters. The fourth-order valence-electron chi connectivity index (χ4n) is 1.31. The Balaban J connectivity index is 1.94. The van der Waals surface area contributed by atoms with Gasteiger partial charge in [-0.25, -0.2) is 9.97 Å². The quantitative estimate of drug-likeness (QED) is 0.905. The molecule has 0 aliphatic rings. The van der Waals surface area contributed by atoms with Crippen LogP contribution in [0.4, 0.5) is 5.82 Å². The van der Waals surface area contributed by atoms with E-state index in [1.807, 2.05) is 12.3 Å². The van der Waals surface area contributed by atoms with Crippen LogP contribution in [0.5, 0.6) is 0 Å². The summed E-state index contributed by atoms with van der Waals surface area (Å²) in [4.78, 5) is 22.2. The molecule has 7 heteroatoms. The molecule has 0 atom stereocenters. The van der Waals surface area contributed by atoms with Crippen LogP contribution >= 0.6 is 27.3 Å². The molecule has 2 rings (SSSR count). The predicted octanol–water partition coefficient (Wildman–Crippen LogP) is 1.95. The highest BCUT2D eigenvalue weighted by molar-refractivity contribution is 9.10. The molecule has 0 radical (unpaired) electrons. The molecule has 0 aliphatic carbocycles. The Morgan fingerprint density at radius 2 is 2.41 bits per heavy atom. The summed E-state index contributed by atoms with van der Waals surface area (Å²) in [6.07, 6.45) is 2.20. The molecule has 5 nitrogen and oxygen atoms in total. The molecule has 2 aromatic rings. The van der Waals surface area contributed by atoms with Gasteiger partial charge in [-0.1, -0.05) is 0 Å². The normalized spacial score (nSPS) is 10.5. The first-order valence-corrected chi connectivity index (χ1v) is 6.72. The lowest BCUT2D eigenvalue weighted by atomic mass is 10.4. The molecule has 2 N–H and O–H groups in total. The van der Waals surface area contributed by atoms with Crippen LogP contribution in [-0.4, -0.2) is 21.5 Å². The average Bonchev–Trinajstić information content (AvgIpc) is 2.70. The van der Waals surface area contributed by atoms with Crippen LogP contribution in [0.3, 0.4) is 0 Å². The van der Waals surface area contributed by atoms with Gasteiger partial charge in [-0.15, -0.1) is 11.3 Å². The third kappa shape index (κ3) is 3.13. The molecule has 0 aliphatic heterocycles. The number of rotatable bonds is 4. The zero-order valence-electron chi connectivity index (χ0n) is 9.16. The summed E-state index contributed by atoms with van der Waals surface area (Å²) in [6, 6.07) is 0. The summed E-state index contributed by atoms with van der Waals surface area (Å²) in [5.41, 5.74) is 0.855. The van der Waals surface area contributed by atoms with Crippen LogP contribution in [0.25, 0.3) is 0 Å². The summed E-state index contributed by atoms with van der Waals surface area (Å²) in [5, 5.41) is 6.20. The van der Waals surface area contributed by atoms with Crippen molar-refractivity contribution in [1.82, 2.24) is 15.0 Å². The van der Waals surface area contributed by atoms with E-state index < -0.39 is 0 Å². The van der Waals surface area contributed by atoms with Gasteiger partial charge in [0.2, 0.25) is 0 Å². The number of thiazole rings is 1. The smallest absolute Gasteiger partial charge is 0.267 e. The molecule has 17 heavy (non-hydrogen) atoms. The Hall–Kier alpha value is -1.21. The van der Waals surface area contributed by atoms with E-state index in [9.17, 15) is 4.79 Å². The molecule has 0 saturated heterocycles. The highest BCUT2D eigenvalue weighted by Gasteiger charge is 2.04. The van der Waals surface area contributed by atoms with Crippen LogP contribution in [-0.2, 0) is 6.42 Å². The van der Waals surface area contributed by atoms with E-state index in [4.69, 9.17) is 0 Å². The lowest BCUT2D eigenvalue weighted by molar-refractivity contribution is 0.966. The van der Waals surface area contributed by atoms with Gasteiger partial charge in [0.05, 0.1) is 11.3 Å². The molecule has 0 saturated carbocycles. The Bertz CT molecular complexity index is 565. The number of anilines is 1. The van der Waals surface area contributed by atoms with E-state index in [2.05, 4.69) is 36.2 Å². The number of aryl methyl sites for hydroxylation is 1. The van der Waals surface area contributed by atoms with Crippen LogP contribution < -0.4 is 10.9 Å². The maximum absolute atomic E-state index is 11.3. The Kier molecular flexibility index (Phi) is 3.90. The number of aromatic amines is 1. The fourth-order valence-corrected chi connectivity index (χ4v) is 2.44. The molecule has 0 amide bonds. The zero-order chi connectivity index (χ0) is 12.3. The second-order valence-electron chi connectivity index (χ2n) is 3.45. The first-order chi connectivity index (χ1) is 8.16. The SMILES string of the molecule is Cc1csc(CCNc2nc[nH]c(=O)c2Br)n1. The number of hydrogen-bond acceptors (Lipinski definition) is 5. The average molecular weight is 315 g/mol. The first-order valence-electron chi connectivity index (χ1n) is 5.05. The molecule has 2 aromatic heterocycles. The number of H-pyrrole nitrogens is 1. The number of hydrogen-bond donors (Lipinski definition) is 2. The maximum atomic E-state index is 11.3. The summed E-state index contributed by atoms with van der Waals surface area (Å²) in [5.74, 6) is 0.557. The van der Waals surface area contributed by atoms with Crippen molar-refractivity contribution < 1.29 is 0 Å². The van der Waals surface area contributed by atoms with Crippen molar-refractivity contribution in [1.29, 1.82) is 0 Å². The highest BCUT2D eigenvalue weighted by atomic mass is 79.9. The van der Waals surface area contributed by atoms with Crippen LogP contribution in [0.2, 0.25) is 0 Å². The van der Waals surface area contributed by atoms with Crippen molar-refractivity contribution in [2.45, 2.75) is 13.3 Å². The van der Waals surface area contributed by atoms with Crippen molar-refractivity contribution in [3.8, 4) is 0 Å². The van der Waals surface area contributed by atoms with E-state index in [1.165, 1.54) is 6.33 Å². The van der Waals surface area contributed by atoms with Crippen molar-refractivity contribution >= 4 is 33.1 Å². The van der Waals surface area contributed by atoms with Gasteiger partial charge >= 0.3 is 0 Å². The number of nitrogens with zero attached hydrogens (tertiary/aromatic N) is 2. The molecule has 90 valence electrons. The largest absolute Gasteiger partial charge is 0.368 e. The minimum Gasteiger partial charge on any atom is -0.368 e. The fraction of sp³-hybridized carbons (Fsp3) is 0.300. The third-order valence-electron chi connectivity index (χ3n) is 2.09. The summed E-state index contributed by atoms with van der Waals surface area (Å²) in [6.45, 7) is 2.67. The van der Waals surface area contributed by atoms with Crippen molar-refractivity contribution in [2.24, 2.45) is 0 Å². The van der Waals surface area contributed by atoms with Gasteiger partial charge in [-0.05, 0) is 22.9 Å². The molecule has 0 spiro atoms. The van der Waals surface area contributed by atoms with E-state index in [0.29, 0.717) is 16.8 Å². The van der Waals surface area contributed by atoms with Gasteiger partial charge in [0.15, 0.2) is 0 Å². The molecule has 2 heterocycles. The van der Waals surface area contributed by atoms with E-state index in [1.54, 1.807) is 11.3 Å². The monoisotopic (exact) mass is 314 g/mol. The number of nitrogens with one attached hydrogen (secondary N) is 2. The molecule has 0 aromatic carbocycles. The zero-order valence-corrected chi connectivity index (χ0v) is 11.6. The predicted molar refractivity (Wildman–Crippen MR) is 71.6 cm³/mol. The Morgan fingerprint density at radius 3 is 3.12 bits per heavy atom. The summed E-state index contributed by atoms with van der Waals surface area (Å²) < 4.78 is 0.426. The Morgan fingerprint density at radius 1 is 1.59 bits per heavy atom.